The smallest absolute Gasteiger partial charge is 0.182 e. The summed E-state index contributed by atoms with van der Waals surface area (Å²) in [6, 6.07) is 5.05. The molecule has 5 heteroatoms. The Bertz CT molecular complexity index is 506. The average molecular weight is 275 g/mol. The molecule has 1 fully saturated rings. The van der Waals surface area contributed by atoms with Crippen molar-refractivity contribution in [3.63, 3.8) is 0 Å². The number of benzene rings is 1. The largest absolute Gasteiger partial charge is 0.396 e. The molecule has 0 heterocycles. The number of hydrogen-bond acceptors (Lipinski definition) is 3. The first-order valence-electron chi connectivity index (χ1n) is 5.69. The summed E-state index contributed by atoms with van der Waals surface area (Å²) in [6.45, 7) is 0.125. The fourth-order valence-electron chi connectivity index (χ4n) is 1.77. The third-order valence-corrected chi connectivity index (χ3v) is 5.63. The molecule has 0 amide bonds. The lowest BCUT2D eigenvalue weighted by atomic mass is 10.1. The standard InChI is InChI=1S/C12H15ClO3S/c13-11-8-9(2-1-7-14)3-6-12(11)17(15,16)10-4-5-10/h3,6,8,10,14H,1-2,4-5,7H2. The minimum Gasteiger partial charge on any atom is -0.396 e. The van der Waals surface area contributed by atoms with Gasteiger partial charge in [0.05, 0.1) is 15.2 Å². The maximum absolute atomic E-state index is 12.0. The van der Waals surface area contributed by atoms with E-state index >= 15 is 0 Å². The zero-order valence-electron chi connectivity index (χ0n) is 9.39. The predicted molar refractivity (Wildman–Crippen MR) is 67.1 cm³/mol. The van der Waals surface area contributed by atoms with Gasteiger partial charge in [0, 0.05) is 6.61 Å². The third kappa shape index (κ3) is 2.81. The van der Waals surface area contributed by atoms with Crippen LogP contribution in [0.5, 0.6) is 0 Å². The highest BCUT2D eigenvalue weighted by atomic mass is 35.5. The summed E-state index contributed by atoms with van der Waals surface area (Å²) in [6.07, 6.45) is 2.85. The second-order valence-corrected chi connectivity index (χ2v) is 6.94. The number of rotatable bonds is 5. The summed E-state index contributed by atoms with van der Waals surface area (Å²) in [5.41, 5.74) is 0.957. The highest BCUT2D eigenvalue weighted by Crippen LogP contribution is 2.36. The van der Waals surface area contributed by atoms with Crippen molar-refractivity contribution in [2.24, 2.45) is 0 Å². The SMILES string of the molecule is O=S(=O)(c1ccc(CCCO)cc1Cl)C1CC1. The molecule has 3 nitrogen and oxygen atoms in total. The van der Waals surface area contributed by atoms with E-state index in [2.05, 4.69) is 0 Å². The van der Waals surface area contributed by atoms with Gasteiger partial charge >= 0.3 is 0 Å². The first-order chi connectivity index (χ1) is 8.05. The number of halogens is 1. The van der Waals surface area contributed by atoms with Crippen LogP contribution < -0.4 is 0 Å². The van der Waals surface area contributed by atoms with Gasteiger partial charge in [-0.2, -0.15) is 0 Å². The Morgan fingerprint density at radius 3 is 2.59 bits per heavy atom. The highest BCUT2D eigenvalue weighted by Gasteiger charge is 2.37. The summed E-state index contributed by atoms with van der Waals surface area (Å²) in [5.74, 6) is 0. The van der Waals surface area contributed by atoms with Crippen molar-refractivity contribution in [2.75, 3.05) is 6.61 Å². The monoisotopic (exact) mass is 274 g/mol. The topological polar surface area (TPSA) is 54.4 Å². The van der Waals surface area contributed by atoms with Crippen molar-refractivity contribution in [3.05, 3.63) is 28.8 Å². The zero-order valence-corrected chi connectivity index (χ0v) is 11.0. The molecule has 0 spiro atoms. The van der Waals surface area contributed by atoms with E-state index in [1.54, 1.807) is 18.2 Å². The maximum atomic E-state index is 12.0. The highest BCUT2D eigenvalue weighted by molar-refractivity contribution is 7.92. The van der Waals surface area contributed by atoms with E-state index in [1.807, 2.05) is 0 Å². The molecule has 2 rings (SSSR count). The van der Waals surface area contributed by atoms with Gasteiger partial charge < -0.3 is 5.11 Å². The van der Waals surface area contributed by atoms with Crippen LogP contribution in [0.15, 0.2) is 23.1 Å². The average Bonchev–Trinajstić information content (AvgIpc) is 3.10. The summed E-state index contributed by atoms with van der Waals surface area (Å²) in [4.78, 5) is 0.245. The molecule has 0 unspecified atom stereocenters. The molecule has 1 aromatic rings. The van der Waals surface area contributed by atoms with Gasteiger partial charge in [-0.3, -0.25) is 0 Å². The molecule has 1 aromatic carbocycles. The number of sulfone groups is 1. The van der Waals surface area contributed by atoms with Gasteiger partial charge in [0.1, 0.15) is 0 Å². The number of aliphatic hydroxyl groups is 1. The molecule has 17 heavy (non-hydrogen) atoms. The number of aliphatic hydroxyl groups excluding tert-OH is 1. The molecule has 0 radical (unpaired) electrons. The van der Waals surface area contributed by atoms with E-state index < -0.39 is 9.84 Å². The van der Waals surface area contributed by atoms with Gasteiger partial charge in [0.15, 0.2) is 9.84 Å². The lowest BCUT2D eigenvalue weighted by Crippen LogP contribution is -2.08. The zero-order chi connectivity index (χ0) is 12.5. The second-order valence-electron chi connectivity index (χ2n) is 4.34. The van der Waals surface area contributed by atoms with Crippen LogP contribution in [0, 0.1) is 0 Å². The van der Waals surface area contributed by atoms with Crippen LogP contribution in [0.3, 0.4) is 0 Å². The molecule has 0 bridgehead atoms. The molecule has 1 aliphatic carbocycles. The van der Waals surface area contributed by atoms with Crippen LogP contribution in [0.25, 0.3) is 0 Å². The van der Waals surface area contributed by atoms with E-state index in [9.17, 15) is 8.42 Å². The molecular weight excluding hydrogens is 260 g/mol. The predicted octanol–water partition coefficient (Wildman–Crippen LogP) is 2.20. The fraction of sp³-hybridized carbons (Fsp3) is 0.500. The second kappa shape index (κ2) is 4.96. The van der Waals surface area contributed by atoms with Gasteiger partial charge in [-0.1, -0.05) is 17.7 Å². The Kier molecular flexibility index (Phi) is 3.76. The van der Waals surface area contributed by atoms with Gasteiger partial charge in [-0.15, -0.1) is 0 Å². The molecule has 1 saturated carbocycles. The Labute approximate surface area is 106 Å². The first-order valence-corrected chi connectivity index (χ1v) is 7.61. The molecular formula is C12H15ClO3S. The van der Waals surface area contributed by atoms with Gasteiger partial charge in [-0.25, -0.2) is 8.42 Å². The van der Waals surface area contributed by atoms with E-state index in [0.29, 0.717) is 17.9 Å². The van der Waals surface area contributed by atoms with Crippen molar-refractivity contribution >= 4 is 21.4 Å². The van der Waals surface area contributed by atoms with Crippen molar-refractivity contribution in [3.8, 4) is 0 Å². The first kappa shape index (κ1) is 12.9. The Morgan fingerprint density at radius 1 is 1.35 bits per heavy atom. The van der Waals surface area contributed by atoms with E-state index in [1.165, 1.54) is 0 Å². The molecule has 0 atom stereocenters. The molecule has 0 aromatic heterocycles. The van der Waals surface area contributed by atoms with Gasteiger partial charge in [0.25, 0.3) is 0 Å². The van der Waals surface area contributed by atoms with E-state index in [-0.39, 0.29) is 16.8 Å². The maximum Gasteiger partial charge on any atom is 0.182 e. The molecule has 0 aliphatic heterocycles. The molecule has 1 aliphatic rings. The van der Waals surface area contributed by atoms with Crippen molar-refractivity contribution in [1.82, 2.24) is 0 Å². The van der Waals surface area contributed by atoms with Gasteiger partial charge in [-0.05, 0) is 43.4 Å². The number of hydrogen-bond donors (Lipinski definition) is 1. The van der Waals surface area contributed by atoms with Crippen molar-refractivity contribution in [2.45, 2.75) is 35.8 Å². The minimum atomic E-state index is -3.22. The van der Waals surface area contributed by atoms with Crippen LogP contribution in [0.1, 0.15) is 24.8 Å². The lowest BCUT2D eigenvalue weighted by molar-refractivity contribution is 0.288. The van der Waals surface area contributed by atoms with Crippen molar-refractivity contribution in [1.29, 1.82) is 0 Å². The summed E-state index contributed by atoms with van der Waals surface area (Å²) < 4.78 is 24.0. The Hall–Kier alpha value is -0.580. The molecule has 1 N–H and O–H groups in total. The van der Waals surface area contributed by atoms with Crippen LogP contribution >= 0.6 is 11.6 Å². The Morgan fingerprint density at radius 2 is 2.06 bits per heavy atom. The van der Waals surface area contributed by atoms with E-state index in [4.69, 9.17) is 16.7 Å². The lowest BCUT2D eigenvalue weighted by Gasteiger charge is -2.07. The Balaban J connectivity index is 2.25. The third-order valence-electron chi connectivity index (χ3n) is 2.89. The summed E-state index contributed by atoms with van der Waals surface area (Å²) in [5, 5.41) is 8.80. The summed E-state index contributed by atoms with van der Waals surface area (Å²) in [7, 11) is -3.22. The minimum absolute atomic E-state index is 0.125. The van der Waals surface area contributed by atoms with E-state index in [0.717, 1.165) is 18.4 Å². The van der Waals surface area contributed by atoms with Gasteiger partial charge in [0.2, 0.25) is 0 Å². The van der Waals surface area contributed by atoms with Crippen LogP contribution in [0.4, 0.5) is 0 Å². The quantitative estimate of drug-likeness (QED) is 0.896. The molecule has 94 valence electrons. The fourth-order valence-corrected chi connectivity index (χ4v) is 4.00. The molecule has 0 saturated heterocycles. The van der Waals surface area contributed by atoms with Crippen LogP contribution in [-0.4, -0.2) is 25.4 Å². The summed E-state index contributed by atoms with van der Waals surface area (Å²) >= 11 is 6.02. The normalized spacial score (nSPS) is 16.1. The van der Waals surface area contributed by atoms with Crippen molar-refractivity contribution < 1.29 is 13.5 Å². The van der Waals surface area contributed by atoms with Crippen LogP contribution in [-0.2, 0) is 16.3 Å². The van der Waals surface area contributed by atoms with Crippen LogP contribution in [0.2, 0.25) is 5.02 Å². The number of aryl methyl sites for hydroxylation is 1.